The summed E-state index contributed by atoms with van der Waals surface area (Å²) in [4.78, 5) is 26.6. The molecule has 0 aliphatic carbocycles. The first-order valence-electron chi connectivity index (χ1n) is 14.8. The molecule has 264 valence electrons. The Hall–Kier alpha value is -2.98. The Bertz CT molecular complexity index is 1710. The summed E-state index contributed by atoms with van der Waals surface area (Å²) in [5.74, 6) is 5.47. The van der Waals surface area contributed by atoms with Crippen LogP contribution < -0.4 is 20.1 Å². The van der Waals surface area contributed by atoms with Crippen molar-refractivity contribution >= 4 is 62.4 Å². The van der Waals surface area contributed by atoms with Crippen LogP contribution in [0.25, 0.3) is 0 Å². The SMILES string of the molecule is COSCC(COc1ccc2c(c1)CN(C(=O)CCCC(N)=O)c1cc(OCC(CS)CS(=O)(=O)OC)ccc1C#C2)CS(=O)(=O)OC. The van der Waals surface area contributed by atoms with Gasteiger partial charge < -0.3 is 24.3 Å². The van der Waals surface area contributed by atoms with Crippen LogP contribution in [0.4, 0.5) is 5.69 Å². The summed E-state index contributed by atoms with van der Waals surface area (Å²) >= 11 is 5.36. The predicted octanol–water partition coefficient (Wildman–Crippen LogP) is 2.76. The van der Waals surface area contributed by atoms with Gasteiger partial charge in [0, 0.05) is 47.6 Å². The Morgan fingerprint density at radius 3 is 2.08 bits per heavy atom. The van der Waals surface area contributed by atoms with Gasteiger partial charge in [0.05, 0.1) is 58.3 Å². The largest absolute Gasteiger partial charge is 0.493 e. The third kappa shape index (κ3) is 12.5. The van der Waals surface area contributed by atoms with Crippen LogP contribution in [-0.2, 0) is 48.9 Å². The summed E-state index contributed by atoms with van der Waals surface area (Å²) in [7, 11) is -3.78. The molecule has 1 aliphatic heterocycles. The second kappa shape index (κ2) is 18.7. The topological polar surface area (TPSA) is 178 Å². The highest BCUT2D eigenvalue weighted by molar-refractivity contribution is 7.94. The minimum atomic E-state index is -3.75. The van der Waals surface area contributed by atoms with Crippen molar-refractivity contribution in [2.45, 2.75) is 25.8 Å². The molecule has 2 unspecified atom stereocenters. The zero-order valence-corrected chi connectivity index (χ0v) is 30.2. The minimum absolute atomic E-state index is 0.0300. The van der Waals surface area contributed by atoms with Gasteiger partial charge in [-0.3, -0.25) is 18.0 Å². The lowest BCUT2D eigenvalue weighted by molar-refractivity contribution is -0.119. The highest BCUT2D eigenvalue weighted by atomic mass is 32.2. The van der Waals surface area contributed by atoms with Crippen molar-refractivity contribution in [2.24, 2.45) is 17.6 Å². The molecule has 0 radical (unpaired) electrons. The van der Waals surface area contributed by atoms with Gasteiger partial charge >= 0.3 is 0 Å². The number of carbonyl (C=O) groups excluding carboxylic acids is 2. The maximum atomic E-state index is 13.7. The Kier molecular flexibility index (Phi) is 15.4. The number of primary amides is 1. The van der Waals surface area contributed by atoms with Crippen LogP contribution in [-0.4, -0.2) is 86.2 Å². The number of hydrogen-bond acceptors (Lipinski definition) is 13. The summed E-state index contributed by atoms with van der Waals surface area (Å²) in [6, 6.07) is 10.3. The van der Waals surface area contributed by atoms with Gasteiger partial charge in [0.15, 0.2) is 0 Å². The Morgan fingerprint density at radius 2 is 1.48 bits per heavy atom. The van der Waals surface area contributed by atoms with E-state index in [-0.39, 0.29) is 62.2 Å². The number of amides is 2. The fraction of sp³-hybridized carbons (Fsp3) is 0.484. The van der Waals surface area contributed by atoms with Crippen molar-refractivity contribution < 1.29 is 48.4 Å². The molecular weight excluding hydrogens is 705 g/mol. The van der Waals surface area contributed by atoms with E-state index in [4.69, 9.17) is 19.4 Å². The second-order valence-corrected chi connectivity index (χ2v) is 15.6. The quantitative estimate of drug-likeness (QED) is 0.0879. The van der Waals surface area contributed by atoms with Crippen LogP contribution in [0.2, 0.25) is 0 Å². The van der Waals surface area contributed by atoms with Crippen molar-refractivity contribution in [3.05, 3.63) is 53.1 Å². The molecule has 3 rings (SSSR count). The van der Waals surface area contributed by atoms with Crippen molar-refractivity contribution in [1.29, 1.82) is 0 Å². The average Bonchev–Trinajstić information content (AvgIpc) is 3.05. The number of nitrogens with zero attached hydrogens (tertiary/aromatic N) is 1. The standard InChI is InChI=1S/C31H40N2O11S4/c1-40-46-19-23(21-48(38,39)42-3)17-44-27-11-9-24-7-8-25-10-12-28(43-16-22(18-45)20-47(36,37)41-2)14-29(25)33(15-26(24)13-27)31(35)6-4-5-30(32)34/h9-14,22-23,45H,4-6,15-21H2,1-3H3,(H2,32,34). The molecule has 2 aromatic carbocycles. The first-order chi connectivity index (χ1) is 22.8. The molecule has 2 N–H and O–H groups in total. The van der Waals surface area contributed by atoms with E-state index < -0.39 is 38.0 Å². The molecule has 1 heterocycles. The number of benzene rings is 2. The van der Waals surface area contributed by atoms with E-state index in [0.29, 0.717) is 39.6 Å². The van der Waals surface area contributed by atoms with Crippen LogP contribution in [0.5, 0.6) is 11.5 Å². The lowest BCUT2D eigenvalue weighted by atomic mass is 10.0. The molecule has 2 aromatic rings. The molecule has 48 heavy (non-hydrogen) atoms. The normalized spacial score (nSPS) is 14.0. The lowest BCUT2D eigenvalue weighted by Crippen LogP contribution is -2.32. The highest BCUT2D eigenvalue weighted by Crippen LogP contribution is 2.32. The van der Waals surface area contributed by atoms with Gasteiger partial charge in [0.1, 0.15) is 11.5 Å². The zero-order valence-electron chi connectivity index (χ0n) is 26.9. The molecule has 13 nitrogen and oxygen atoms in total. The fourth-order valence-electron chi connectivity index (χ4n) is 4.61. The van der Waals surface area contributed by atoms with Crippen LogP contribution in [0, 0.1) is 23.7 Å². The van der Waals surface area contributed by atoms with Crippen molar-refractivity contribution in [2.75, 3.05) is 62.5 Å². The van der Waals surface area contributed by atoms with E-state index in [0.717, 1.165) is 26.3 Å². The summed E-state index contributed by atoms with van der Waals surface area (Å²) in [5.41, 5.74) is 7.66. The van der Waals surface area contributed by atoms with Crippen LogP contribution >= 0.6 is 24.7 Å². The predicted molar refractivity (Wildman–Crippen MR) is 186 cm³/mol. The maximum Gasteiger partial charge on any atom is 0.267 e. The Labute approximate surface area is 292 Å². The maximum absolute atomic E-state index is 13.7. The van der Waals surface area contributed by atoms with E-state index in [9.17, 15) is 26.4 Å². The number of nitrogens with two attached hydrogens (primary N) is 1. The molecule has 2 atom stereocenters. The zero-order chi connectivity index (χ0) is 35.3. The van der Waals surface area contributed by atoms with Crippen LogP contribution in [0.15, 0.2) is 36.4 Å². The molecule has 0 saturated heterocycles. The van der Waals surface area contributed by atoms with Gasteiger partial charge in [0.2, 0.25) is 11.8 Å². The number of carbonyl (C=O) groups is 2. The molecular formula is C31H40N2O11S4. The second-order valence-electron chi connectivity index (χ2n) is 10.8. The van der Waals surface area contributed by atoms with E-state index in [1.165, 1.54) is 7.11 Å². The highest BCUT2D eigenvalue weighted by Gasteiger charge is 2.25. The number of thiol groups is 1. The summed E-state index contributed by atoms with van der Waals surface area (Å²) in [6.45, 7) is 0.184. The molecule has 1 aliphatic rings. The Morgan fingerprint density at radius 1 is 0.896 bits per heavy atom. The van der Waals surface area contributed by atoms with Crippen molar-refractivity contribution in [3.63, 3.8) is 0 Å². The van der Waals surface area contributed by atoms with Gasteiger partial charge in [-0.25, -0.2) is 0 Å². The Balaban J connectivity index is 1.91. The molecule has 0 bridgehead atoms. The van der Waals surface area contributed by atoms with Crippen molar-refractivity contribution in [3.8, 4) is 23.3 Å². The summed E-state index contributed by atoms with van der Waals surface area (Å²) in [5, 5.41) is 0. The third-order valence-electron chi connectivity index (χ3n) is 7.15. The van der Waals surface area contributed by atoms with E-state index in [1.807, 2.05) is 0 Å². The van der Waals surface area contributed by atoms with Gasteiger partial charge in [-0.05, 0) is 60.1 Å². The average molecular weight is 745 g/mol. The van der Waals surface area contributed by atoms with Gasteiger partial charge in [0.25, 0.3) is 20.2 Å². The molecule has 0 aromatic heterocycles. The number of ether oxygens (including phenoxy) is 2. The number of hydrogen-bond donors (Lipinski definition) is 2. The van der Waals surface area contributed by atoms with Crippen LogP contribution in [0.1, 0.15) is 36.0 Å². The summed E-state index contributed by atoms with van der Waals surface area (Å²) in [6.07, 6.45) is 0.331. The number of rotatable bonds is 20. The van der Waals surface area contributed by atoms with E-state index in [2.05, 4.69) is 32.8 Å². The summed E-state index contributed by atoms with van der Waals surface area (Å²) < 4.78 is 74.3. The third-order valence-corrected chi connectivity index (χ3v) is 11.3. The first-order valence-corrected chi connectivity index (χ1v) is 19.5. The van der Waals surface area contributed by atoms with Gasteiger partial charge in [-0.15, -0.1) is 0 Å². The van der Waals surface area contributed by atoms with E-state index in [1.54, 1.807) is 41.3 Å². The van der Waals surface area contributed by atoms with E-state index >= 15 is 0 Å². The molecule has 2 amide bonds. The molecule has 0 saturated carbocycles. The van der Waals surface area contributed by atoms with Crippen LogP contribution in [0.3, 0.4) is 0 Å². The lowest BCUT2D eigenvalue weighted by Gasteiger charge is -2.27. The molecule has 17 heteroatoms. The monoisotopic (exact) mass is 744 g/mol. The molecule has 0 spiro atoms. The van der Waals surface area contributed by atoms with Crippen molar-refractivity contribution in [1.82, 2.24) is 0 Å². The first kappa shape index (κ1) is 39.5. The number of anilines is 1. The number of fused-ring (bicyclic) bond motifs is 2. The van der Waals surface area contributed by atoms with Gasteiger partial charge in [-0.2, -0.15) is 29.5 Å². The van der Waals surface area contributed by atoms with Gasteiger partial charge in [-0.1, -0.05) is 11.8 Å². The fourth-order valence-corrected chi connectivity index (χ4v) is 7.56. The molecule has 0 fully saturated rings. The smallest absolute Gasteiger partial charge is 0.267 e. The minimum Gasteiger partial charge on any atom is -0.493 e.